The molecule has 1 amide bonds. The van der Waals surface area contributed by atoms with Crippen molar-refractivity contribution in [3.63, 3.8) is 0 Å². The molecule has 4 rings (SSSR count). The zero-order valence-electron chi connectivity index (χ0n) is 14.2. The second-order valence-electron chi connectivity index (χ2n) is 5.90. The highest BCUT2D eigenvalue weighted by Crippen LogP contribution is 2.25. The van der Waals surface area contributed by atoms with Gasteiger partial charge in [0.05, 0.1) is 15.7 Å². The van der Waals surface area contributed by atoms with E-state index in [1.165, 1.54) is 17.4 Å². The Balaban J connectivity index is 1.43. The molecule has 0 fully saturated rings. The highest BCUT2D eigenvalue weighted by Gasteiger charge is 2.08. The average molecular weight is 378 g/mol. The fraction of sp³-hybridized carbons (Fsp3) is 0.0476. The predicted molar refractivity (Wildman–Crippen MR) is 104 cm³/mol. The molecule has 4 aromatic rings. The fourth-order valence-electron chi connectivity index (χ4n) is 2.65. The number of rotatable bonds is 5. The quantitative estimate of drug-likeness (QED) is 0.522. The third kappa shape index (κ3) is 3.96. The number of benzene rings is 3. The number of nitrogens with one attached hydrogen (secondary N) is 1. The average Bonchev–Trinajstić information content (AvgIpc) is 3.16. The molecule has 6 heteroatoms. The van der Waals surface area contributed by atoms with E-state index >= 15 is 0 Å². The molecule has 0 atom stereocenters. The number of thiazole rings is 1. The zero-order chi connectivity index (χ0) is 18.6. The van der Waals surface area contributed by atoms with Crippen LogP contribution in [-0.4, -0.2) is 10.9 Å². The van der Waals surface area contributed by atoms with Gasteiger partial charge in [-0.3, -0.25) is 4.79 Å². The Labute approximate surface area is 159 Å². The van der Waals surface area contributed by atoms with Crippen LogP contribution in [0.1, 0.15) is 15.9 Å². The number of aromatic nitrogens is 1. The van der Waals surface area contributed by atoms with Crippen molar-refractivity contribution >= 4 is 27.5 Å². The molecule has 1 heterocycles. The highest BCUT2D eigenvalue weighted by atomic mass is 32.1. The minimum atomic E-state index is -0.422. The first-order valence-electron chi connectivity index (χ1n) is 8.32. The van der Waals surface area contributed by atoms with Gasteiger partial charge in [-0.05, 0) is 48.0 Å². The SMILES string of the molecule is O=C(NCc1cccc(Oc2ccccc2F)c1)c1ccc2ncsc2c1. The number of fused-ring (bicyclic) bond motifs is 1. The van der Waals surface area contributed by atoms with Crippen LogP contribution < -0.4 is 10.1 Å². The second kappa shape index (κ2) is 7.55. The number of para-hydroxylation sites is 1. The van der Waals surface area contributed by atoms with Gasteiger partial charge in [-0.2, -0.15) is 0 Å². The number of amides is 1. The van der Waals surface area contributed by atoms with Crippen LogP contribution >= 0.6 is 11.3 Å². The Hall–Kier alpha value is -3.25. The van der Waals surface area contributed by atoms with Gasteiger partial charge in [0.1, 0.15) is 5.75 Å². The number of carbonyl (C=O) groups excluding carboxylic acids is 1. The second-order valence-corrected chi connectivity index (χ2v) is 6.78. The molecule has 0 aliphatic rings. The van der Waals surface area contributed by atoms with Crippen LogP contribution in [0.4, 0.5) is 4.39 Å². The van der Waals surface area contributed by atoms with Crippen LogP contribution in [0.3, 0.4) is 0 Å². The van der Waals surface area contributed by atoms with Gasteiger partial charge in [0.25, 0.3) is 5.91 Å². The number of hydrogen-bond donors (Lipinski definition) is 1. The first-order chi connectivity index (χ1) is 13.2. The van der Waals surface area contributed by atoms with Gasteiger partial charge in [0, 0.05) is 12.1 Å². The predicted octanol–water partition coefficient (Wildman–Crippen LogP) is 5.16. The lowest BCUT2D eigenvalue weighted by atomic mass is 10.2. The summed E-state index contributed by atoms with van der Waals surface area (Å²) >= 11 is 1.50. The normalized spacial score (nSPS) is 10.7. The monoisotopic (exact) mass is 378 g/mol. The van der Waals surface area contributed by atoms with Gasteiger partial charge < -0.3 is 10.1 Å². The van der Waals surface area contributed by atoms with E-state index in [-0.39, 0.29) is 11.7 Å². The number of ether oxygens (including phenoxy) is 1. The summed E-state index contributed by atoms with van der Waals surface area (Å²) in [5.41, 5.74) is 4.09. The highest BCUT2D eigenvalue weighted by molar-refractivity contribution is 7.16. The standard InChI is InChI=1S/C21H15FN2O2S/c22-17-6-1-2-7-19(17)26-16-5-3-4-14(10-16)12-23-21(25)15-8-9-18-20(11-15)27-13-24-18/h1-11,13H,12H2,(H,23,25). The van der Waals surface area contributed by atoms with E-state index in [4.69, 9.17) is 4.74 Å². The Kier molecular flexibility index (Phi) is 4.80. The van der Waals surface area contributed by atoms with Gasteiger partial charge >= 0.3 is 0 Å². The van der Waals surface area contributed by atoms with Crippen molar-refractivity contribution in [3.05, 3.63) is 89.2 Å². The molecular weight excluding hydrogens is 363 g/mol. The molecule has 134 valence electrons. The lowest BCUT2D eigenvalue weighted by Crippen LogP contribution is -2.22. The molecule has 0 bridgehead atoms. The number of halogens is 1. The van der Waals surface area contributed by atoms with E-state index < -0.39 is 5.82 Å². The van der Waals surface area contributed by atoms with Crippen molar-refractivity contribution < 1.29 is 13.9 Å². The van der Waals surface area contributed by atoms with Crippen LogP contribution in [0.5, 0.6) is 11.5 Å². The molecule has 4 nitrogen and oxygen atoms in total. The first kappa shape index (κ1) is 17.2. The van der Waals surface area contributed by atoms with Gasteiger partial charge in [0.2, 0.25) is 0 Å². The lowest BCUT2D eigenvalue weighted by molar-refractivity contribution is 0.0951. The van der Waals surface area contributed by atoms with E-state index in [2.05, 4.69) is 10.3 Å². The summed E-state index contributed by atoms with van der Waals surface area (Å²) in [4.78, 5) is 16.6. The molecule has 0 saturated heterocycles. The van der Waals surface area contributed by atoms with Crippen molar-refractivity contribution in [2.75, 3.05) is 0 Å². The number of nitrogens with zero attached hydrogens (tertiary/aromatic N) is 1. The minimum absolute atomic E-state index is 0.161. The van der Waals surface area contributed by atoms with Gasteiger partial charge in [-0.1, -0.05) is 24.3 Å². The molecule has 0 spiro atoms. The van der Waals surface area contributed by atoms with Gasteiger partial charge in [0.15, 0.2) is 11.6 Å². The molecular formula is C21H15FN2O2S. The maximum atomic E-state index is 13.7. The van der Waals surface area contributed by atoms with Crippen LogP contribution in [0.25, 0.3) is 10.2 Å². The van der Waals surface area contributed by atoms with Crippen LogP contribution in [0.15, 0.2) is 72.2 Å². The molecule has 0 aliphatic carbocycles. The van der Waals surface area contributed by atoms with Gasteiger partial charge in [-0.25, -0.2) is 9.37 Å². The maximum Gasteiger partial charge on any atom is 0.251 e. The van der Waals surface area contributed by atoms with Crippen molar-refractivity contribution in [2.24, 2.45) is 0 Å². The Morgan fingerprint density at radius 1 is 1.07 bits per heavy atom. The molecule has 0 radical (unpaired) electrons. The fourth-order valence-corrected chi connectivity index (χ4v) is 3.37. The van der Waals surface area contributed by atoms with Crippen molar-refractivity contribution in [1.82, 2.24) is 10.3 Å². The summed E-state index contributed by atoms with van der Waals surface area (Å²) in [6.07, 6.45) is 0. The van der Waals surface area contributed by atoms with E-state index in [0.717, 1.165) is 15.8 Å². The zero-order valence-corrected chi connectivity index (χ0v) is 15.0. The Morgan fingerprint density at radius 3 is 2.85 bits per heavy atom. The number of carbonyl (C=O) groups is 1. The van der Waals surface area contributed by atoms with E-state index in [9.17, 15) is 9.18 Å². The van der Waals surface area contributed by atoms with Crippen molar-refractivity contribution in [2.45, 2.75) is 6.54 Å². The van der Waals surface area contributed by atoms with Crippen molar-refractivity contribution in [3.8, 4) is 11.5 Å². The topological polar surface area (TPSA) is 51.2 Å². The third-order valence-corrected chi connectivity index (χ3v) is 4.80. The molecule has 1 N–H and O–H groups in total. The first-order valence-corrected chi connectivity index (χ1v) is 9.20. The van der Waals surface area contributed by atoms with E-state index in [0.29, 0.717) is 17.9 Å². The minimum Gasteiger partial charge on any atom is -0.454 e. The van der Waals surface area contributed by atoms with E-state index in [1.807, 2.05) is 18.2 Å². The summed E-state index contributed by atoms with van der Waals surface area (Å²) in [5.74, 6) is 0.0925. The molecule has 3 aromatic carbocycles. The Morgan fingerprint density at radius 2 is 1.96 bits per heavy atom. The van der Waals surface area contributed by atoms with Crippen molar-refractivity contribution in [1.29, 1.82) is 0 Å². The van der Waals surface area contributed by atoms with Crippen LogP contribution in [0.2, 0.25) is 0 Å². The molecule has 1 aromatic heterocycles. The third-order valence-electron chi connectivity index (χ3n) is 4.01. The molecule has 0 unspecified atom stereocenters. The smallest absolute Gasteiger partial charge is 0.251 e. The summed E-state index contributed by atoms with van der Waals surface area (Å²) in [7, 11) is 0. The van der Waals surface area contributed by atoms with Crippen LogP contribution in [0, 0.1) is 5.82 Å². The van der Waals surface area contributed by atoms with Crippen LogP contribution in [-0.2, 0) is 6.54 Å². The maximum absolute atomic E-state index is 13.7. The summed E-state index contributed by atoms with van der Waals surface area (Å²) < 4.78 is 20.3. The van der Waals surface area contributed by atoms with Gasteiger partial charge in [-0.15, -0.1) is 11.3 Å². The largest absolute Gasteiger partial charge is 0.454 e. The summed E-state index contributed by atoms with van der Waals surface area (Å²) in [5, 5.41) is 2.89. The Bertz CT molecular complexity index is 1110. The lowest BCUT2D eigenvalue weighted by Gasteiger charge is -2.09. The number of hydrogen-bond acceptors (Lipinski definition) is 4. The summed E-state index contributed by atoms with van der Waals surface area (Å²) in [6, 6.07) is 18.9. The summed E-state index contributed by atoms with van der Waals surface area (Å²) in [6.45, 7) is 0.341. The molecule has 0 saturated carbocycles. The molecule has 27 heavy (non-hydrogen) atoms. The molecule has 0 aliphatic heterocycles. The van der Waals surface area contributed by atoms with E-state index in [1.54, 1.807) is 48.0 Å².